The number of nitrogens with one attached hydrogen (secondary N) is 2. The van der Waals surface area contributed by atoms with Crippen molar-refractivity contribution >= 4 is 33.4 Å². The Balaban J connectivity index is 1.30. The van der Waals surface area contributed by atoms with Gasteiger partial charge in [-0.25, -0.2) is 13.9 Å². The zero-order chi connectivity index (χ0) is 27.2. The Morgan fingerprint density at radius 3 is 2.05 bits per heavy atom. The van der Waals surface area contributed by atoms with Crippen LogP contribution in [0.4, 0.5) is 0 Å². The number of benzene rings is 3. The van der Waals surface area contributed by atoms with Crippen LogP contribution in [0.1, 0.15) is 23.2 Å². The van der Waals surface area contributed by atoms with E-state index in [9.17, 15) is 23.1 Å². The molecule has 4 N–H and O–H groups in total. The quantitative estimate of drug-likeness (QED) is 0.136. The average Bonchev–Trinajstić information content (AvgIpc) is 2.95. The molecule has 11 heteroatoms. The number of sulfone groups is 1. The second kappa shape index (κ2) is 12.0. The van der Waals surface area contributed by atoms with Crippen LogP contribution in [0.25, 0.3) is 11.1 Å². The molecule has 2 amide bonds. The molecular formula is C27H28N2O7S2. The first-order chi connectivity index (χ1) is 18.3. The maximum atomic E-state index is 13.3. The topological polar surface area (TPSA) is 142 Å². The van der Waals surface area contributed by atoms with Gasteiger partial charge >= 0.3 is 0 Å². The van der Waals surface area contributed by atoms with E-state index in [-0.39, 0.29) is 42.6 Å². The second-order valence-electron chi connectivity index (χ2n) is 8.75. The highest BCUT2D eigenvalue weighted by Crippen LogP contribution is 2.36. The fraction of sp³-hybridized carbons (Fsp3) is 0.259. The highest BCUT2D eigenvalue weighted by atomic mass is 32.2. The molecule has 1 fully saturated rings. The van der Waals surface area contributed by atoms with Gasteiger partial charge < -0.3 is 15.2 Å². The Kier molecular flexibility index (Phi) is 8.72. The molecule has 0 spiro atoms. The lowest BCUT2D eigenvalue weighted by Gasteiger charge is -2.34. The zero-order valence-corrected chi connectivity index (χ0v) is 22.1. The Morgan fingerprint density at radius 1 is 0.895 bits per heavy atom. The van der Waals surface area contributed by atoms with Crippen molar-refractivity contribution in [1.29, 1.82) is 0 Å². The van der Waals surface area contributed by atoms with Gasteiger partial charge in [-0.1, -0.05) is 24.3 Å². The third kappa shape index (κ3) is 5.86. The van der Waals surface area contributed by atoms with Crippen molar-refractivity contribution < 1.29 is 33.1 Å². The van der Waals surface area contributed by atoms with Crippen LogP contribution in [-0.2, 0) is 19.4 Å². The van der Waals surface area contributed by atoms with Gasteiger partial charge in [-0.15, -0.1) is 11.8 Å². The first kappa shape index (κ1) is 27.6. The molecule has 3 aromatic rings. The molecule has 1 aliphatic heterocycles. The molecule has 3 aromatic carbocycles. The summed E-state index contributed by atoms with van der Waals surface area (Å²) in [6, 6.07) is 20.2. The van der Waals surface area contributed by atoms with Gasteiger partial charge in [0, 0.05) is 36.0 Å². The van der Waals surface area contributed by atoms with Gasteiger partial charge in [0.25, 0.3) is 11.8 Å². The van der Waals surface area contributed by atoms with Crippen LogP contribution in [0.2, 0.25) is 0 Å². The summed E-state index contributed by atoms with van der Waals surface area (Å²) in [7, 11) is -4.07. The molecule has 38 heavy (non-hydrogen) atoms. The highest BCUT2D eigenvalue weighted by molar-refractivity contribution is 7.99. The SMILES string of the molecule is O=C(NCCSc1ccc(S(=O)(=O)C2(C(=O)NO)CCOCC2)cc1)c1ccc(-c2ccc(O)cc2)cc1. The summed E-state index contributed by atoms with van der Waals surface area (Å²) in [5, 5.41) is 21.5. The normalized spacial score (nSPS) is 15.0. The number of hydroxylamine groups is 1. The van der Waals surface area contributed by atoms with Gasteiger partial charge in [-0.2, -0.15) is 0 Å². The van der Waals surface area contributed by atoms with Crippen molar-refractivity contribution in [3.63, 3.8) is 0 Å². The summed E-state index contributed by atoms with van der Waals surface area (Å²) in [5.74, 6) is -0.394. The van der Waals surface area contributed by atoms with Crippen LogP contribution < -0.4 is 10.8 Å². The van der Waals surface area contributed by atoms with Gasteiger partial charge in [0.05, 0.1) is 4.90 Å². The molecule has 1 aliphatic rings. The van der Waals surface area contributed by atoms with E-state index in [0.717, 1.165) is 16.0 Å². The first-order valence-electron chi connectivity index (χ1n) is 11.9. The number of hydrogen-bond acceptors (Lipinski definition) is 8. The molecule has 0 radical (unpaired) electrons. The third-order valence-electron chi connectivity index (χ3n) is 6.47. The molecule has 0 unspecified atom stereocenters. The second-order valence-corrected chi connectivity index (χ2v) is 12.2. The fourth-order valence-electron chi connectivity index (χ4n) is 4.26. The minimum Gasteiger partial charge on any atom is -0.508 e. The van der Waals surface area contributed by atoms with Crippen molar-refractivity contribution in [1.82, 2.24) is 10.8 Å². The fourth-order valence-corrected chi connectivity index (χ4v) is 6.97. The van der Waals surface area contributed by atoms with Crippen LogP contribution in [0, 0.1) is 0 Å². The van der Waals surface area contributed by atoms with E-state index in [1.165, 1.54) is 29.4 Å². The van der Waals surface area contributed by atoms with Crippen LogP contribution in [0.5, 0.6) is 5.75 Å². The Bertz CT molecular complexity index is 1370. The molecule has 9 nitrogen and oxygen atoms in total. The van der Waals surface area contributed by atoms with Crippen molar-refractivity contribution in [2.75, 3.05) is 25.5 Å². The number of thioether (sulfide) groups is 1. The maximum absolute atomic E-state index is 13.3. The molecule has 4 rings (SSSR count). The smallest absolute Gasteiger partial charge is 0.265 e. The number of hydrogen-bond donors (Lipinski definition) is 4. The van der Waals surface area contributed by atoms with E-state index in [1.807, 2.05) is 12.1 Å². The number of ether oxygens (including phenoxy) is 1. The van der Waals surface area contributed by atoms with Crippen LogP contribution >= 0.6 is 11.8 Å². The monoisotopic (exact) mass is 556 g/mol. The summed E-state index contributed by atoms with van der Waals surface area (Å²) in [6.45, 7) is 0.618. The van der Waals surface area contributed by atoms with Gasteiger partial charge in [-0.3, -0.25) is 14.8 Å². The van der Waals surface area contributed by atoms with E-state index in [2.05, 4.69) is 5.32 Å². The van der Waals surface area contributed by atoms with E-state index in [4.69, 9.17) is 9.94 Å². The summed E-state index contributed by atoms with van der Waals surface area (Å²) in [4.78, 5) is 25.6. The van der Waals surface area contributed by atoms with Crippen molar-refractivity contribution in [2.45, 2.75) is 27.4 Å². The molecule has 0 saturated carbocycles. The standard InChI is InChI=1S/C27H28N2O7S2/c30-22-7-5-20(6-8-22)19-1-3-21(4-2-19)25(31)28-15-18-37-23-9-11-24(12-10-23)38(34,35)27(26(32)29-33)13-16-36-17-14-27/h1-12,30,33H,13-18H2,(H,28,31)(H,29,32). The largest absolute Gasteiger partial charge is 0.508 e. The number of carbonyl (C=O) groups excluding carboxylic acids is 2. The van der Waals surface area contributed by atoms with E-state index < -0.39 is 20.5 Å². The molecule has 0 aromatic heterocycles. The molecule has 0 aliphatic carbocycles. The minimum absolute atomic E-state index is 0.00333. The van der Waals surface area contributed by atoms with Gasteiger partial charge in [0.15, 0.2) is 14.6 Å². The summed E-state index contributed by atoms with van der Waals surface area (Å²) in [5.41, 5.74) is 3.91. The third-order valence-corrected chi connectivity index (χ3v) is 10.00. The Labute approximate surface area is 225 Å². The van der Waals surface area contributed by atoms with E-state index >= 15 is 0 Å². The summed E-state index contributed by atoms with van der Waals surface area (Å²) >= 11 is 1.45. The van der Waals surface area contributed by atoms with Crippen LogP contribution in [0.3, 0.4) is 0 Å². The number of rotatable bonds is 9. The predicted molar refractivity (Wildman–Crippen MR) is 143 cm³/mol. The number of phenolic OH excluding ortho intramolecular Hbond substituents is 1. The van der Waals surface area contributed by atoms with Crippen molar-refractivity contribution in [2.24, 2.45) is 0 Å². The molecule has 0 bridgehead atoms. The first-order valence-corrected chi connectivity index (χ1v) is 14.4. The van der Waals surface area contributed by atoms with Crippen LogP contribution in [-0.4, -0.2) is 60.8 Å². The Morgan fingerprint density at radius 2 is 1.47 bits per heavy atom. The van der Waals surface area contributed by atoms with Gasteiger partial charge in [0.1, 0.15) is 5.75 Å². The number of carbonyl (C=O) groups is 2. The maximum Gasteiger partial charge on any atom is 0.265 e. The van der Waals surface area contributed by atoms with Gasteiger partial charge in [0.2, 0.25) is 0 Å². The van der Waals surface area contributed by atoms with Crippen molar-refractivity contribution in [3.05, 3.63) is 78.4 Å². The van der Waals surface area contributed by atoms with E-state index in [0.29, 0.717) is 17.9 Å². The molecule has 200 valence electrons. The van der Waals surface area contributed by atoms with Crippen LogP contribution in [0.15, 0.2) is 82.6 Å². The molecule has 1 heterocycles. The predicted octanol–water partition coefficient (Wildman–Crippen LogP) is 3.41. The van der Waals surface area contributed by atoms with Crippen molar-refractivity contribution in [3.8, 4) is 16.9 Å². The number of aromatic hydroxyl groups is 1. The molecule has 0 atom stereocenters. The molecule has 1 saturated heterocycles. The lowest BCUT2D eigenvalue weighted by atomic mass is 9.98. The van der Waals surface area contributed by atoms with E-state index in [1.54, 1.807) is 48.5 Å². The average molecular weight is 557 g/mol. The zero-order valence-electron chi connectivity index (χ0n) is 20.4. The number of amides is 2. The van der Waals surface area contributed by atoms with Gasteiger partial charge in [-0.05, 0) is 72.5 Å². The highest BCUT2D eigenvalue weighted by Gasteiger charge is 2.52. The minimum atomic E-state index is -4.07. The summed E-state index contributed by atoms with van der Waals surface area (Å²) < 4.78 is 30.1. The lowest BCUT2D eigenvalue weighted by Crippen LogP contribution is -2.54. The lowest BCUT2D eigenvalue weighted by molar-refractivity contribution is -0.134. The molecular weight excluding hydrogens is 528 g/mol. The number of phenols is 1. The Hall–Kier alpha value is -3.38. The summed E-state index contributed by atoms with van der Waals surface area (Å²) in [6.07, 6.45) is -0.0884.